The maximum absolute atomic E-state index is 12.0. The first-order chi connectivity index (χ1) is 9.47. The van der Waals surface area contributed by atoms with Crippen LogP contribution < -0.4 is 5.32 Å². The molecule has 2 aromatic rings. The van der Waals surface area contributed by atoms with Crippen LogP contribution in [0.25, 0.3) is 0 Å². The van der Waals surface area contributed by atoms with E-state index < -0.39 is 11.9 Å². The molecule has 0 saturated heterocycles. The van der Waals surface area contributed by atoms with Gasteiger partial charge in [0, 0.05) is 0 Å². The van der Waals surface area contributed by atoms with Crippen molar-refractivity contribution in [1.82, 2.24) is 4.98 Å². The number of hydrogen-bond donors (Lipinski definition) is 2. The van der Waals surface area contributed by atoms with Gasteiger partial charge in [-0.15, -0.1) is 0 Å². The third-order valence-electron chi connectivity index (χ3n) is 2.41. The van der Waals surface area contributed by atoms with Crippen molar-refractivity contribution in [3.05, 3.63) is 57.3 Å². The summed E-state index contributed by atoms with van der Waals surface area (Å²) < 4.78 is 0.524. The Hall–Kier alpha value is -1.92. The molecule has 0 spiro atoms. The first-order valence-corrected chi connectivity index (χ1v) is 6.61. The summed E-state index contributed by atoms with van der Waals surface area (Å²) >= 11 is 9.09. The van der Waals surface area contributed by atoms with Gasteiger partial charge in [0.15, 0.2) is 0 Å². The Labute approximate surface area is 127 Å². The third-order valence-corrected chi connectivity index (χ3v) is 3.18. The highest BCUT2D eigenvalue weighted by Gasteiger charge is 2.12. The predicted octanol–water partition coefficient (Wildman–Crippen LogP) is 3.45. The molecule has 0 unspecified atom stereocenters. The quantitative estimate of drug-likeness (QED) is 0.827. The van der Waals surface area contributed by atoms with E-state index in [1.165, 1.54) is 24.3 Å². The number of carboxylic acid groups (broad SMARTS) is 1. The molecule has 0 radical (unpaired) electrons. The van der Waals surface area contributed by atoms with Gasteiger partial charge in [-0.05, 0) is 46.3 Å². The summed E-state index contributed by atoms with van der Waals surface area (Å²) in [4.78, 5) is 26.9. The van der Waals surface area contributed by atoms with E-state index in [1.54, 1.807) is 12.1 Å². The van der Waals surface area contributed by atoms with Crippen molar-refractivity contribution in [3.63, 3.8) is 0 Å². The standard InChI is InChI=1S/C13H8BrClN2O3/c14-11-3-1-2-9(16-11)12(18)17-10-6-7(13(19)20)4-5-8(10)15/h1-6H,(H,17,18)(H,19,20). The highest BCUT2D eigenvalue weighted by atomic mass is 79.9. The second-order valence-electron chi connectivity index (χ2n) is 3.80. The highest BCUT2D eigenvalue weighted by Crippen LogP contribution is 2.23. The molecule has 0 aliphatic heterocycles. The molecule has 2 rings (SSSR count). The zero-order valence-corrected chi connectivity index (χ0v) is 12.3. The van der Waals surface area contributed by atoms with E-state index in [1.807, 2.05) is 0 Å². The number of halogens is 2. The molecular formula is C13H8BrClN2O3. The van der Waals surface area contributed by atoms with E-state index in [4.69, 9.17) is 16.7 Å². The van der Waals surface area contributed by atoms with Crippen molar-refractivity contribution >= 4 is 45.1 Å². The lowest BCUT2D eigenvalue weighted by Gasteiger charge is -2.08. The number of rotatable bonds is 3. The van der Waals surface area contributed by atoms with Gasteiger partial charge in [0.05, 0.1) is 16.3 Å². The van der Waals surface area contributed by atoms with E-state index in [0.29, 0.717) is 4.60 Å². The fourth-order valence-corrected chi connectivity index (χ4v) is 1.98. The number of benzene rings is 1. The van der Waals surface area contributed by atoms with Crippen LogP contribution in [-0.4, -0.2) is 22.0 Å². The molecule has 1 heterocycles. The van der Waals surface area contributed by atoms with Crippen LogP contribution in [0.2, 0.25) is 5.02 Å². The number of nitrogens with zero attached hydrogens (tertiary/aromatic N) is 1. The van der Waals surface area contributed by atoms with Gasteiger partial charge in [-0.1, -0.05) is 17.7 Å². The molecule has 2 N–H and O–H groups in total. The lowest BCUT2D eigenvalue weighted by Crippen LogP contribution is -2.14. The average molecular weight is 356 g/mol. The van der Waals surface area contributed by atoms with Gasteiger partial charge in [0.1, 0.15) is 10.3 Å². The molecular weight excluding hydrogens is 348 g/mol. The van der Waals surface area contributed by atoms with Crippen molar-refractivity contribution in [3.8, 4) is 0 Å². The van der Waals surface area contributed by atoms with E-state index in [9.17, 15) is 9.59 Å². The summed E-state index contributed by atoms with van der Waals surface area (Å²) in [7, 11) is 0. The molecule has 5 nitrogen and oxygen atoms in total. The number of carbonyl (C=O) groups is 2. The minimum absolute atomic E-state index is 0.0342. The molecule has 0 atom stereocenters. The molecule has 1 aromatic carbocycles. The fourth-order valence-electron chi connectivity index (χ4n) is 1.48. The molecule has 7 heteroatoms. The van der Waals surface area contributed by atoms with E-state index in [-0.39, 0.29) is 22.0 Å². The number of hydrogen-bond acceptors (Lipinski definition) is 3. The van der Waals surface area contributed by atoms with Gasteiger partial charge >= 0.3 is 5.97 Å². The van der Waals surface area contributed by atoms with Gasteiger partial charge in [-0.3, -0.25) is 4.79 Å². The summed E-state index contributed by atoms with van der Waals surface area (Å²) in [5.74, 6) is -1.58. The molecule has 102 valence electrons. The largest absolute Gasteiger partial charge is 0.478 e. The Morgan fingerprint density at radius 2 is 2.00 bits per heavy atom. The van der Waals surface area contributed by atoms with Crippen LogP contribution in [0.4, 0.5) is 5.69 Å². The smallest absolute Gasteiger partial charge is 0.335 e. The average Bonchev–Trinajstić information content (AvgIpc) is 2.41. The van der Waals surface area contributed by atoms with Crippen LogP contribution in [0.5, 0.6) is 0 Å². The Balaban J connectivity index is 2.27. The van der Waals surface area contributed by atoms with E-state index in [2.05, 4.69) is 26.2 Å². The topological polar surface area (TPSA) is 79.3 Å². The number of carboxylic acids is 1. The zero-order valence-electron chi connectivity index (χ0n) is 9.93. The van der Waals surface area contributed by atoms with Crippen LogP contribution in [0, 0.1) is 0 Å². The molecule has 20 heavy (non-hydrogen) atoms. The number of anilines is 1. The summed E-state index contributed by atoms with van der Waals surface area (Å²) in [6.45, 7) is 0. The van der Waals surface area contributed by atoms with Crippen LogP contribution in [0.3, 0.4) is 0 Å². The minimum atomic E-state index is -1.10. The second kappa shape index (κ2) is 6.02. The Morgan fingerprint density at radius 3 is 2.65 bits per heavy atom. The van der Waals surface area contributed by atoms with E-state index >= 15 is 0 Å². The number of aromatic carboxylic acids is 1. The molecule has 0 bridgehead atoms. The zero-order chi connectivity index (χ0) is 14.7. The van der Waals surface area contributed by atoms with Crippen molar-refractivity contribution < 1.29 is 14.7 Å². The van der Waals surface area contributed by atoms with Crippen molar-refractivity contribution in [2.75, 3.05) is 5.32 Å². The third kappa shape index (κ3) is 3.34. The highest BCUT2D eigenvalue weighted by molar-refractivity contribution is 9.10. The summed E-state index contributed by atoms with van der Waals surface area (Å²) in [5, 5.41) is 11.7. The number of pyridine rings is 1. The fraction of sp³-hybridized carbons (Fsp3) is 0. The summed E-state index contributed by atoms with van der Waals surface area (Å²) in [6, 6.07) is 8.96. The molecule has 0 fully saturated rings. The van der Waals surface area contributed by atoms with Gasteiger partial charge in [-0.25, -0.2) is 9.78 Å². The Bertz CT molecular complexity index is 691. The van der Waals surface area contributed by atoms with Crippen molar-refractivity contribution in [1.29, 1.82) is 0 Å². The van der Waals surface area contributed by atoms with Gasteiger partial charge in [-0.2, -0.15) is 0 Å². The maximum Gasteiger partial charge on any atom is 0.335 e. The van der Waals surface area contributed by atoms with Gasteiger partial charge in [0.25, 0.3) is 5.91 Å². The normalized spacial score (nSPS) is 10.1. The first-order valence-electron chi connectivity index (χ1n) is 5.44. The van der Waals surface area contributed by atoms with Gasteiger partial charge in [0.2, 0.25) is 0 Å². The maximum atomic E-state index is 12.0. The van der Waals surface area contributed by atoms with E-state index in [0.717, 1.165) is 0 Å². The van der Waals surface area contributed by atoms with Crippen LogP contribution in [0.15, 0.2) is 41.0 Å². The molecule has 1 amide bonds. The molecule has 1 aromatic heterocycles. The summed E-state index contributed by atoms with van der Waals surface area (Å²) in [5.41, 5.74) is 0.446. The SMILES string of the molecule is O=C(O)c1ccc(Cl)c(NC(=O)c2cccc(Br)n2)c1. The number of amides is 1. The van der Waals surface area contributed by atoms with Crippen molar-refractivity contribution in [2.24, 2.45) is 0 Å². The Morgan fingerprint density at radius 1 is 1.25 bits per heavy atom. The molecule has 0 saturated carbocycles. The van der Waals surface area contributed by atoms with Crippen LogP contribution in [-0.2, 0) is 0 Å². The first kappa shape index (κ1) is 14.5. The lowest BCUT2D eigenvalue weighted by molar-refractivity contribution is 0.0696. The van der Waals surface area contributed by atoms with Crippen LogP contribution in [0.1, 0.15) is 20.8 Å². The second-order valence-corrected chi connectivity index (χ2v) is 5.02. The number of nitrogens with one attached hydrogen (secondary N) is 1. The predicted molar refractivity (Wildman–Crippen MR) is 78.3 cm³/mol. The molecule has 0 aliphatic rings. The Kier molecular flexibility index (Phi) is 4.36. The van der Waals surface area contributed by atoms with Crippen LogP contribution >= 0.6 is 27.5 Å². The number of carbonyl (C=O) groups excluding carboxylic acids is 1. The summed E-state index contributed by atoms with van der Waals surface area (Å²) in [6.07, 6.45) is 0. The minimum Gasteiger partial charge on any atom is -0.478 e. The molecule has 0 aliphatic carbocycles. The van der Waals surface area contributed by atoms with Crippen molar-refractivity contribution in [2.45, 2.75) is 0 Å². The monoisotopic (exact) mass is 354 g/mol. The number of aromatic nitrogens is 1. The lowest BCUT2D eigenvalue weighted by atomic mass is 10.2. The van der Waals surface area contributed by atoms with Gasteiger partial charge < -0.3 is 10.4 Å².